The van der Waals surface area contributed by atoms with Gasteiger partial charge >= 0.3 is 0 Å². The summed E-state index contributed by atoms with van der Waals surface area (Å²) in [7, 11) is 0. The molecule has 2 rings (SSSR count). The summed E-state index contributed by atoms with van der Waals surface area (Å²) >= 11 is 0. The SMILES string of the molecule is C/C1=C/C=C/C=C/C(=O)/C=C/C=C/C2=CC=CC=C(C#CC#C1)C2. The molecule has 0 N–H and O–H groups in total. The van der Waals surface area contributed by atoms with Gasteiger partial charge in [-0.25, -0.2) is 0 Å². The van der Waals surface area contributed by atoms with Crippen molar-refractivity contribution < 1.29 is 4.79 Å². The van der Waals surface area contributed by atoms with Crippen LogP contribution in [0, 0.1) is 23.7 Å². The third-order valence-electron chi connectivity index (χ3n) is 3.17. The number of carbonyl (C=O) groups excluding carboxylic acids is 1. The Bertz CT molecular complexity index is 854. The van der Waals surface area contributed by atoms with Gasteiger partial charge in [-0.2, -0.15) is 0 Å². The van der Waals surface area contributed by atoms with Gasteiger partial charge < -0.3 is 0 Å². The minimum atomic E-state index is -0.0490. The fraction of sp³-hybridized carbons (Fsp3) is 0.0870. The van der Waals surface area contributed by atoms with Gasteiger partial charge in [0, 0.05) is 12.0 Å². The molecule has 0 fully saturated rings. The van der Waals surface area contributed by atoms with Crippen molar-refractivity contribution in [2.24, 2.45) is 0 Å². The molecule has 0 saturated heterocycles. The van der Waals surface area contributed by atoms with E-state index in [9.17, 15) is 4.79 Å². The Balaban J connectivity index is 2.31. The molecule has 0 heterocycles. The van der Waals surface area contributed by atoms with Crippen LogP contribution >= 0.6 is 0 Å². The largest absolute Gasteiger partial charge is 0.290 e. The van der Waals surface area contributed by atoms with Crippen molar-refractivity contribution in [1.29, 1.82) is 0 Å². The predicted octanol–water partition coefficient (Wildman–Crippen LogP) is 4.56. The van der Waals surface area contributed by atoms with Crippen LogP contribution in [0.2, 0.25) is 0 Å². The molecular formula is C23H18O. The second-order valence-electron chi connectivity index (χ2n) is 5.21. The van der Waals surface area contributed by atoms with Gasteiger partial charge in [0.1, 0.15) is 0 Å². The van der Waals surface area contributed by atoms with E-state index in [0.29, 0.717) is 0 Å². The summed E-state index contributed by atoms with van der Waals surface area (Å²) in [6.45, 7) is 1.92. The fourth-order valence-electron chi connectivity index (χ4n) is 1.97. The highest BCUT2D eigenvalue weighted by Crippen LogP contribution is 2.15. The number of rotatable bonds is 0. The maximum absolute atomic E-state index is 11.7. The first-order valence-electron chi connectivity index (χ1n) is 7.73. The molecule has 0 spiro atoms. The topological polar surface area (TPSA) is 17.1 Å². The summed E-state index contributed by atoms with van der Waals surface area (Å²) in [6, 6.07) is 0. The molecule has 0 unspecified atom stereocenters. The Morgan fingerprint density at radius 1 is 0.750 bits per heavy atom. The van der Waals surface area contributed by atoms with Crippen molar-refractivity contribution in [1.82, 2.24) is 0 Å². The highest BCUT2D eigenvalue weighted by Gasteiger charge is 1.98. The number of hydrogen-bond donors (Lipinski definition) is 0. The second-order valence-corrected chi connectivity index (χ2v) is 5.21. The van der Waals surface area contributed by atoms with Crippen LogP contribution in [-0.2, 0) is 4.79 Å². The van der Waals surface area contributed by atoms with Crippen molar-refractivity contribution in [2.45, 2.75) is 13.3 Å². The molecule has 0 aliphatic heterocycles. The molecule has 0 radical (unpaired) electrons. The van der Waals surface area contributed by atoms with Crippen LogP contribution in [0.4, 0.5) is 0 Å². The standard InChI is InChI=1S/C23H18O/c1-20-11-3-2-4-17-23(24)18-10-9-16-22-15-8-7-14-21(19-22)13-6-5-12-20/h2-4,7-11,14-18H,19H2,1H3/b3-2+,16-9+,17-4+,18-10+,20-11-. The molecule has 2 aliphatic rings. The highest BCUT2D eigenvalue weighted by molar-refractivity contribution is 5.99. The fourth-order valence-corrected chi connectivity index (χ4v) is 1.97. The predicted molar refractivity (Wildman–Crippen MR) is 101 cm³/mol. The van der Waals surface area contributed by atoms with E-state index < -0.39 is 0 Å². The zero-order valence-electron chi connectivity index (χ0n) is 13.6. The summed E-state index contributed by atoms with van der Waals surface area (Å²) in [4.78, 5) is 11.7. The molecule has 2 aliphatic carbocycles. The van der Waals surface area contributed by atoms with Crippen molar-refractivity contribution in [3.63, 3.8) is 0 Å². The average Bonchev–Trinajstić information content (AvgIpc) is 2.80. The van der Waals surface area contributed by atoms with E-state index in [1.54, 1.807) is 24.3 Å². The Morgan fingerprint density at radius 2 is 1.42 bits per heavy atom. The summed E-state index contributed by atoms with van der Waals surface area (Å²) in [6.07, 6.45) is 24.7. The minimum Gasteiger partial charge on any atom is -0.290 e. The van der Waals surface area contributed by atoms with Crippen LogP contribution in [-0.4, -0.2) is 5.78 Å². The Hall–Kier alpha value is -3.29. The third kappa shape index (κ3) is 6.65. The van der Waals surface area contributed by atoms with Gasteiger partial charge in [-0.15, -0.1) is 0 Å². The van der Waals surface area contributed by atoms with Crippen LogP contribution in [0.15, 0.2) is 95.7 Å². The Morgan fingerprint density at radius 3 is 2.29 bits per heavy atom. The molecule has 0 saturated carbocycles. The summed E-state index contributed by atoms with van der Waals surface area (Å²) in [5.74, 6) is 11.8. The first-order valence-corrected chi connectivity index (χ1v) is 7.73. The van der Waals surface area contributed by atoms with Crippen molar-refractivity contribution in [2.75, 3.05) is 0 Å². The highest BCUT2D eigenvalue weighted by atomic mass is 16.1. The molecule has 0 aromatic rings. The van der Waals surface area contributed by atoms with Gasteiger partial charge in [0.15, 0.2) is 5.78 Å². The van der Waals surface area contributed by atoms with Gasteiger partial charge in [-0.05, 0) is 42.1 Å². The van der Waals surface area contributed by atoms with E-state index >= 15 is 0 Å². The van der Waals surface area contributed by atoms with Crippen LogP contribution in [0.3, 0.4) is 0 Å². The second kappa shape index (κ2) is 9.67. The van der Waals surface area contributed by atoms with Gasteiger partial charge in [0.2, 0.25) is 0 Å². The molecule has 1 nitrogen and oxygen atoms in total. The maximum atomic E-state index is 11.7. The van der Waals surface area contributed by atoms with E-state index in [0.717, 1.165) is 23.1 Å². The zero-order chi connectivity index (χ0) is 17.0. The van der Waals surface area contributed by atoms with Gasteiger partial charge in [0.05, 0.1) is 0 Å². The van der Waals surface area contributed by atoms with Gasteiger partial charge in [-0.3, -0.25) is 4.79 Å². The van der Waals surface area contributed by atoms with Crippen molar-refractivity contribution >= 4 is 5.78 Å². The van der Waals surface area contributed by atoms with E-state index in [2.05, 4.69) is 23.7 Å². The van der Waals surface area contributed by atoms with Crippen LogP contribution in [0.1, 0.15) is 13.3 Å². The smallest absolute Gasteiger partial charge is 0.178 e. The molecule has 0 amide bonds. The summed E-state index contributed by atoms with van der Waals surface area (Å²) in [5, 5.41) is 0. The molecule has 2 bridgehead atoms. The number of allylic oxidation sites excluding steroid dienone is 16. The van der Waals surface area contributed by atoms with E-state index in [4.69, 9.17) is 0 Å². The first-order chi connectivity index (χ1) is 11.7. The zero-order valence-corrected chi connectivity index (χ0v) is 13.6. The normalized spacial score (nSPS) is 24.7. The van der Waals surface area contributed by atoms with Crippen LogP contribution < -0.4 is 0 Å². The Kier molecular flexibility index (Phi) is 6.88. The molecule has 1 heteroatoms. The van der Waals surface area contributed by atoms with Crippen LogP contribution in [0.25, 0.3) is 0 Å². The Labute approximate surface area is 143 Å². The van der Waals surface area contributed by atoms with Crippen molar-refractivity contribution in [3.8, 4) is 23.7 Å². The minimum absolute atomic E-state index is 0.0490. The van der Waals surface area contributed by atoms with E-state index in [1.807, 2.05) is 55.5 Å². The van der Waals surface area contributed by atoms with Crippen LogP contribution in [0.5, 0.6) is 0 Å². The third-order valence-corrected chi connectivity index (χ3v) is 3.17. The number of hydrogen-bond acceptors (Lipinski definition) is 1. The molecule has 0 aromatic heterocycles. The molecule has 0 aromatic carbocycles. The van der Waals surface area contributed by atoms with E-state index in [-0.39, 0.29) is 5.78 Å². The molecule has 116 valence electrons. The lowest BCUT2D eigenvalue weighted by Gasteiger charge is -1.98. The molecule has 24 heavy (non-hydrogen) atoms. The van der Waals surface area contributed by atoms with Crippen molar-refractivity contribution in [3.05, 3.63) is 95.7 Å². The average molecular weight is 310 g/mol. The van der Waals surface area contributed by atoms with Gasteiger partial charge in [-0.1, -0.05) is 78.7 Å². The van der Waals surface area contributed by atoms with Gasteiger partial charge in [0.25, 0.3) is 0 Å². The lowest BCUT2D eigenvalue weighted by molar-refractivity contribution is -0.110. The lowest BCUT2D eigenvalue weighted by atomic mass is 10.1. The summed E-state index contributed by atoms with van der Waals surface area (Å²) in [5.41, 5.74) is 3.06. The molecule has 0 atom stereocenters. The lowest BCUT2D eigenvalue weighted by Crippen LogP contribution is -1.84. The van der Waals surface area contributed by atoms with E-state index in [1.165, 1.54) is 6.08 Å². The summed E-state index contributed by atoms with van der Waals surface area (Å²) < 4.78 is 0. The first kappa shape index (κ1) is 17.1. The molecular weight excluding hydrogens is 292 g/mol. The monoisotopic (exact) mass is 310 g/mol. The number of ketones is 1. The quantitative estimate of drug-likeness (QED) is 0.599. The maximum Gasteiger partial charge on any atom is 0.178 e. The number of carbonyl (C=O) groups is 1. The number of fused-ring (bicyclic) bond motifs is 2.